The van der Waals surface area contributed by atoms with Crippen LogP contribution in [0.3, 0.4) is 0 Å². The molecular weight excluding hydrogens is 391 g/mol. The van der Waals surface area contributed by atoms with Gasteiger partial charge in [0.15, 0.2) is 0 Å². The van der Waals surface area contributed by atoms with Crippen molar-refractivity contribution in [1.29, 1.82) is 0 Å². The molecule has 1 amide bonds. The Hall–Kier alpha value is -0.600. The van der Waals surface area contributed by atoms with Crippen LogP contribution in [0, 0.1) is 5.92 Å². The van der Waals surface area contributed by atoms with Gasteiger partial charge in [0.1, 0.15) is 0 Å². The fourth-order valence-corrected chi connectivity index (χ4v) is 4.15. The zero-order valence-corrected chi connectivity index (χ0v) is 17.6. The van der Waals surface area contributed by atoms with Crippen LogP contribution in [0.4, 0.5) is 4.79 Å². The van der Waals surface area contributed by atoms with Crippen LogP contribution < -0.4 is 10.6 Å². The Labute approximate surface area is 174 Å². The number of amides is 1. The second-order valence-corrected chi connectivity index (χ2v) is 7.48. The van der Waals surface area contributed by atoms with Gasteiger partial charge in [0, 0.05) is 38.6 Å². The van der Waals surface area contributed by atoms with E-state index >= 15 is 0 Å². The number of hydrogen-bond donors (Lipinski definition) is 2. The lowest BCUT2D eigenvalue weighted by molar-refractivity contribution is -0.139. The number of carbonyl (C=O) groups is 2. The Morgan fingerprint density at radius 1 is 0.852 bits per heavy atom. The van der Waals surface area contributed by atoms with Crippen molar-refractivity contribution in [2.75, 3.05) is 52.4 Å². The largest absolute Gasteiger partial charge is 0.417 e. The summed E-state index contributed by atoms with van der Waals surface area (Å²) in [5.41, 5.74) is 0. The van der Waals surface area contributed by atoms with Gasteiger partial charge >= 0.3 is 12.1 Å². The smallest absolute Gasteiger partial charge is 0.376 e. The predicted octanol–water partition coefficient (Wildman–Crippen LogP) is 1.64. The summed E-state index contributed by atoms with van der Waals surface area (Å²) in [6.45, 7) is 7.29. The van der Waals surface area contributed by atoms with Crippen molar-refractivity contribution in [3.63, 3.8) is 0 Å². The highest BCUT2D eigenvalue weighted by atomic mass is 35.5. The minimum Gasteiger partial charge on any atom is -0.376 e. The van der Waals surface area contributed by atoms with Crippen LogP contribution in [0.25, 0.3) is 0 Å². The lowest BCUT2D eigenvalue weighted by Gasteiger charge is -2.40. The maximum atomic E-state index is 12.2. The molecule has 0 unspecified atom stereocenters. The van der Waals surface area contributed by atoms with E-state index in [-0.39, 0.29) is 30.8 Å². The number of ether oxygens (including phenoxy) is 1. The van der Waals surface area contributed by atoms with Gasteiger partial charge in [0.2, 0.25) is 0 Å². The Kier molecular flexibility index (Phi) is 11.6. The zero-order valence-electron chi connectivity index (χ0n) is 16.0. The summed E-state index contributed by atoms with van der Waals surface area (Å²) >= 11 is 0. The third kappa shape index (κ3) is 7.74. The zero-order chi connectivity index (χ0) is 17.5. The number of rotatable bonds is 4. The van der Waals surface area contributed by atoms with Gasteiger partial charge in [-0.2, -0.15) is 0 Å². The van der Waals surface area contributed by atoms with Crippen molar-refractivity contribution in [1.82, 2.24) is 20.4 Å². The van der Waals surface area contributed by atoms with Gasteiger partial charge in [-0.05, 0) is 64.2 Å². The number of carbonyl (C=O) groups excluding carboxylic acids is 2. The predicted molar refractivity (Wildman–Crippen MR) is 110 cm³/mol. The van der Waals surface area contributed by atoms with Crippen molar-refractivity contribution >= 4 is 36.9 Å². The maximum absolute atomic E-state index is 12.2. The highest BCUT2D eigenvalue weighted by Gasteiger charge is 2.28. The van der Waals surface area contributed by atoms with Gasteiger partial charge in [0.05, 0.1) is 0 Å². The first kappa shape index (κ1) is 24.4. The number of halogens is 2. The van der Waals surface area contributed by atoms with E-state index in [1.807, 2.05) is 0 Å². The quantitative estimate of drug-likeness (QED) is 0.527. The molecule has 7 nitrogen and oxygen atoms in total. The highest BCUT2D eigenvalue weighted by molar-refractivity contribution is 5.85. The van der Waals surface area contributed by atoms with E-state index in [1.54, 1.807) is 4.90 Å². The van der Waals surface area contributed by atoms with Crippen LogP contribution in [0.2, 0.25) is 0 Å². The minimum atomic E-state index is -0.458. The van der Waals surface area contributed by atoms with Gasteiger partial charge in [-0.3, -0.25) is 9.69 Å². The van der Waals surface area contributed by atoms with Crippen molar-refractivity contribution in [3.05, 3.63) is 0 Å². The molecule has 0 bridgehead atoms. The van der Waals surface area contributed by atoms with Crippen LogP contribution in [0.1, 0.15) is 38.5 Å². The summed E-state index contributed by atoms with van der Waals surface area (Å²) in [5.74, 6) is 0.210. The molecule has 0 aromatic heterocycles. The van der Waals surface area contributed by atoms with Gasteiger partial charge < -0.3 is 20.3 Å². The van der Waals surface area contributed by atoms with Crippen molar-refractivity contribution in [2.45, 2.75) is 44.6 Å². The molecule has 3 aliphatic heterocycles. The van der Waals surface area contributed by atoms with E-state index in [0.717, 1.165) is 58.5 Å². The molecule has 0 atom stereocenters. The Morgan fingerprint density at radius 3 is 2.00 bits per heavy atom. The molecule has 3 heterocycles. The van der Waals surface area contributed by atoms with Gasteiger partial charge in [-0.1, -0.05) is 0 Å². The van der Waals surface area contributed by atoms with E-state index in [4.69, 9.17) is 4.74 Å². The molecule has 0 spiro atoms. The van der Waals surface area contributed by atoms with Crippen molar-refractivity contribution in [2.24, 2.45) is 5.92 Å². The van der Waals surface area contributed by atoms with E-state index < -0.39 is 6.09 Å². The summed E-state index contributed by atoms with van der Waals surface area (Å²) in [4.78, 5) is 28.3. The molecule has 3 rings (SSSR count). The lowest BCUT2D eigenvalue weighted by atomic mass is 9.93. The molecule has 0 aromatic rings. The average molecular weight is 425 g/mol. The first-order chi connectivity index (χ1) is 12.2. The fraction of sp³-hybridized carbons (Fsp3) is 0.889. The van der Waals surface area contributed by atoms with Gasteiger partial charge in [0.25, 0.3) is 0 Å². The number of piperidine rings is 2. The number of piperazine rings is 1. The molecule has 9 heteroatoms. The minimum absolute atomic E-state index is 0. The van der Waals surface area contributed by atoms with Crippen LogP contribution in [0.15, 0.2) is 0 Å². The topological polar surface area (TPSA) is 73.9 Å². The normalized spacial score (nSPS) is 22.4. The molecule has 158 valence electrons. The Balaban J connectivity index is 0.00000182. The third-order valence-electron chi connectivity index (χ3n) is 5.81. The first-order valence-electron chi connectivity index (χ1n) is 9.87. The fourth-order valence-electron chi connectivity index (χ4n) is 4.15. The van der Waals surface area contributed by atoms with Crippen LogP contribution in [-0.4, -0.2) is 80.3 Å². The van der Waals surface area contributed by atoms with E-state index in [1.165, 1.54) is 12.8 Å². The molecular formula is C18H34Cl2N4O3. The molecule has 0 aromatic carbocycles. The Morgan fingerprint density at radius 2 is 1.41 bits per heavy atom. The molecule has 0 radical (unpaired) electrons. The molecule has 3 saturated heterocycles. The number of nitrogens with zero attached hydrogens (tertiary/aromatic N) is 2. The molecule has 2 N–H and O–H groups in total. The molecule has 3 fully saturated rings. The van der Waals surface area contributed by atoms with Gasteiger partial charge in [-0.25, -0.2) is 4.79 Å². The van der Waals surface area contributed by atoms with Crippen LogP contribution >= 0.6 is 24.8 Å². The summed E-state index contributed by atoms with van der Waals surface area (Å²) in [6, 6.07) is 0.631. The summed E-state index contributed by atoms with van der Waals surface area (Å²) in [5, 5.41) is 6.71. The van der Waals surface area contributed by atoms with Crippen LogP contribution in [0.5, 0.6) is 0 Å². The molecule has 0 aliphatic carbocycles. The second-order valence-electron chi connectivity index (χ2n) is 7.48. The monoisotopic (exact) mass is 424 g/mol. The van der Waals surface area contributed by atoms with E-state index in [2.05, 4.69) is 15.5 Å². The van der Waals surface area contributed by atoms with E-state index in [9.17, 15) is 9.59 Å². The number of esters is 1. The average Bonchev–Trinajstić information content (AvgIpc) is 2.68. The SMILES string of the molecule is Cl.Cl.O=C(CCC1CCNCC1)OC(=O)N1CCN(C2CCNCC2)CC1. The highest BCUT2D eigenvalue weighted by Crippen LogP contribution is 2.18. The van der Waals surface area contributed by atoms with Gasteiger partial charge in [-0.15, -0.1) is 24.8 Å². The summed E-state index contributed by atoms with van der Waals surface area (Å²) < 4.78 is 5.07. The summed E-state index contributed by atoms with van der Waals surface area (Å²) in [7, 11) is 0. The first-order valence-corrected chi connectivity index (χ1v) is 9.87. The maximum Gasteiger partial charge on any atom is 0.417 e. The molecule has 27 heavy (non-hydrogen) atoms. The third-order valence-corrected chi connectivity index (χ3v) is 5.81. The Bertz CT molecular complexity index is 450. The molecule has 3 aliphatic rings. The second kappa shape index (κ2) is 12.8. The van der Waals surface area contributed by atoms with Crippen molar-refractivity contribution in [3.8, 4) is 0 Å². The number of nitrogens with one attached hydrogen (secondary N) is 2. The molecule has 0 saturated carbocycles. The van der Waals surface area contributed by atoms with E-state index in [0.29, 0.717) is 31.5 Å². The standard InChI is InChI=1S/C18H32N4O3.2ClH/c23-17(2-1-15-3-7-19-8-4-15)25-18(24)22-13-11-21(12-14-22)16-5-9-20-10-6-16;;/h15-16,19-20H,1-14H2;2*1H. The summed E-state index contributed by atoms with van der Waals surface area (Å²) in [6.07, 6.45) is 5.31. The lowest BCUT2D eigenvalue weighted by Crippen LogP contribution is -2.54. The number of hydrogen-bond acceptors (Lipinski definition) is 6. The van der Waals surface area contributed by atoms with Crippen molar-refractivity contribution < 1.29 is 14.3 Å². The van der Waals surface area contributed by atoms with Crippen LogP contribution in [-0.2, 0) is 9.53 Å².